The lowest BCUT2D eigenvalue weighted by Crippen LogP contribution is -2.24. The molecular formula is C31H35N11O3. The molecule has 2 aromatic heterocycles. The van der Waals surface area contributed by atoms with Crippen LogP contribution in [0.15, 0.2) is 70.9 Å². The van der Waals surface area contributed by atoms with E-state index in [1.807, 2.05) is 30.3 Å². The number of aromatic nitrogens is 8. The van der Waals surface area contributed by atoms with Crippen molar-refractivity contribution in [3.05, 3.63) is 100 Å². The summed E-state index contributed by atoms with van der Waals surface area (Å²) in [6, 6.07) is 18.4. The van der Waals surface area contributed by atoms with Gasteiger partial charge in [-0.15, -0.1) is 19.8 Å². The summed E-state index contributed by atoms with van der Waals surface area (Å²) in [5.41, 5.74) is 4.38. The number of aryl methyl sites for hydroxylation is 2. The Morgan fingerprint density at radius 3 is 1.87 bits per heavy atom. The third-order valence-corrected chi connectivity index (χ3v) is 7.35. The van der Waals surface area contributed by atoms with Crippen LogP contribution in [0.5, 0.6) is 11.5 Å². The first-order chi connectivity index (χ1) is 21.9. The Labute approximate surface area is 260 Å². The van der Waals surface area contributed by atoms with Gasteiger partial charge in [0.05, 0.1) is 12.4 Å². The van der Waals surface area contributed by atoms with Gasteiger partial charge in [0, 0.05) is 42.4 Å². The van der Waals surface area contributed by atoms with E-state index in [0.29, 0.717) is 33.9 Å². The van der Waals surface area contributed by atoms with Crippen LogP contribution in [0.25, 0.3) is 0 Å². The summed E-state index contributed by atoms with van der Waals surface area (Å²) in [4.78, 5) is 4.86. The summed E-state index contributed by atoms with van der Waals surface area (Å²) in [5, 5.41) is 63.2. The Balaban J connectivity index is 1.62. The highest BCUT2D eigenvalue weighted by atomic mass is 16.3. The Morgan fingerprint density at radius 2 is 1.38 bits per heavy atom. The van der Waals surface area contributed by atoms with Gasteiger partial charge in [0.25, 0.3) is 0 Å². The number of tetrazole rings is 2. The standard InChI is InChI=1S/C31H35N11O3/c1-4-40(14-5-6-15-43)26-9-7-8-25(18-26)31(27-16-23(10-12-29(27)44)19-32-41-21(2)34-36-38-41)28-17-24(11-13-30(28)45)20-33-42-22(3)35-37-39-42/h7-13,16-20,31,43-45H,4-6,14-15H2,1-3H3. The zero-order valence-corrected chi connectivity index (χ0v) is 25.3. The lowest BCUT2D eigenvalue weighted by molar-refractivity contribution is 0.285. The topological polar surface area (TPSA) is 176 Å². The van der Waals surface area contributed by atoms with E-state index in [-0.39, 0.29) is 18.1 Å². The normalized spacial score (nSPS) is 12.4. The summed E-state index contributed by atoms with van der Waals surface area (Å²) in [5.74, 6) is 0.588. The molecule has 0 saturated carbocycles. The maximum absolute atomic E-state index is 11.3. The van der Waals surface area contributed by atoms with Gasteiger partial charge in [-0.2, -0.15) is 10.2 Å². The molecule has 5 rings (SSSR count). The minimum absolute atomic E-state index is 0.0548. The molecule has 45 heavy (non-hydrogen) atoms. The minimum atomic E-state index is -0.577. The fourth-order valence-corrected chi connectivity index (χ4v) is 4.99. The van der Waals surface area contributed by atoms with Gasteiger partial charge in [-0.3, -0.25) is 0 Å². The predicted molar refractivity (Wildman–Crippen MR) is 169 cm³/mol. The van der Waals surface area contributed by atoms with Gasteiger partial charge in [-0.05, 0) is 120 Å². The number of aliphatic hydroxyl groups excluding tert-OH is 1. The van der Waals surface area contributed by atoms with E-state index in [1.165, 1.54) is 9.58 Å². The van der Waals surface area contributed by atoms with Crippen LogP contribution in [-0.2, 0) is 0 Å². The molecular weight excluding hydrogens is 574 g/mol. The second-order valence-electron chi connectivity index (χ2n) is 10.4. The van der Waals surface area contributed by atoms with Crippen molar-refractivity contribution in [2.24, 2.45) is 10.2 Å². The van der Waals surface area contributed by atoms with Gasteiger partial charge in [0.1, 0.15) is 11.5 Å². The summed E-state index contributed by atoms with van der Waals surface area (Å²) >= 11 is 0. The minimum Gasteiger partial charge on any atom is -0.508 e. The lowest BCUT2D eigenvalue weighted by atomic mass is 9.82. The van der Waals surface area contributed by atoms with E-state index >= 15 is 0 Å². The van der Waals surface area contributed by atoms with E-state index in [0.717, 1.165) is 37.2 Å². The average Bonchev–Trinajstić information content (AvgIpc) is 3.66. The highest BCUT2D eigenvalue weighted by Gasteiger charge is 2.24. The van der Waals surface area contributed by atoms with E-state index in [9.17, 15) is 15.3 Å². The average molecular weight is 610 g/mol. The second kappa shape index (κ2) is 14.3. The highest BCUT2D eigenvalue weighted by Crippen LogP contribution is 2.42. The van der Waals surface area contributed by atoms with Crippen LogP contribution in [-0.4, -0.2) is 88.1 Å². The third kappa shape index (κ3) is 7.36. The smallest absolute Gasteiger partial charge is 0.173 e. The van der Waals surface area contributed by atoms with Crippen LogP contribution in [0.1, 0.15) is 65.1 Å². The van der Waals surface area contributed by atoms with Crippen molar-refractivity contribution in [3.63, 3.8) is 0 Å². The molecule has 0 aliphatic heterocycles. The maximum atomic E-state index is 11.3. The van der Waals surface area contributed by atoms with Crippen molar-refractivity contribution in [3.8, 4) is 11.5 Å². The van der Waals surface area contributed by atoms with Crippen molar-refractivity contribution in [2.75, 3.05) is 24.6 Å². The fourth-order valence-electron chi connectivity index (χ4n) is 4.99. The molecule has 0 bridgehead atoms. The SMILES string of the molecule is CCN(CCCCO)c1cccc(C(c2cc(C=Nn3nnnc3C)ccc2O)c2cc(C=Nn3nnnc3C)ccc2O)c1. The number of hydrogen-bond donors (Lipinski definition) is 3. The number of hydrogen-bond acceptors (Lipinski definition) is 12. The van der Waals surface area contributed by atoms with Gasteiger partial charge in [0.15, 0.2) is 11.6 Å². The van der Waals surface area contributed by atoms with E-state index in [4.69, 9.17) is 0 Å². The lowest BCUT2D eigenvalue weighted by Gasteiger charge is -2.26. The van der Waals surface area contributed by atoms with Crippen LogP contribution < -0.4 is 4.90 Å². The molecule has 0 amide bonds. The molecule has 0 atom stereocenters. The molecule has 0 spiro atoms. The molecule has 0 fully saturated rings. The zero-order valence-electron chi connectivity index (χ0n) is 25.3. The molecule has 0 aliphatic rings. The number of phenolic OH excluding ortho intramolecular Hbond substituents is 2. The number of anilines is 1. The van der Waals surface area contributed by atoms with Gasteiger partial charge in [-0.1, -0.05) is 12.1 Å². The molecule has 3 aromatic carbocycles. The molecule has 0 aliphatic carbocycles. The second-order valence-corrected chi connectivity index (χ2v) is 10.4. The van der Waals surface area contributed by atoms with Crippen LogP contribution in [0.2, 0.25) is 0 Å². The maximum Gasteiger partial charge on any atom is 0.173 e. The van der Waals surface area contributed by atoms with Gasteiger partial charge >= 0.3 is 0 Å². The third-order valence-electron chi connectivity index (χ3n) is 7.35. The van der Waals surface area contributed by atoms with Crippen molar-refractivity contribution >= 4 is 18.1 Å². The van der Waals surface area contributed by atoms with E-state index in [2.05, 4.69) is 59.1 Å². The Morgan fingerprint density at radius 1 is 0.800 bits per heavy atom. The molecule has 14 heteroatoms. The molecule has 14 nitrogen and oxygen atoms in total. The van der Waals surface area contributed by atoms with Gasteiger partial charge in [0.2, 0.25) is 0 Å². The Hall–Kier alpha value is -5.50. The number of benzene rings is 3. The van der Waals surface area contributed by atoms with Crippen LogP contribution in [0.4, 0.5) is 5.69 Å². The quantitative estimate of drug-likeness (QED) is 0.102. The van der Waals surface area contributed by atoms with Crippen LogP contribution in [0, 0.1) is 13.8 Å². The number of rotatable bonds is 13. The van der Waals surface area contributed by atoms with Crippen molar-refractivity contribution < 1.29 is 15.3 Å². The monoisotopic (exact) mass is 609 g/mol. The zero-order chi connectivity index (χ0) is 31.8. The molecule has 3 N–H and O–H groups in total. The number of aliphatic hydroxyl groups is 1. The first-order valence-electron chi connectivity index (χ1n) is 14.6. The number of aromatic hydroxyl groups is 2. The molecule has 2 heterocycles. The fraction of sp³-hybridized carbons (Fsp3) is 0.290. The van der Waals surface area contributed by atoms with Crippen molar-refractivity contribution in [1.82, 2.24) is 40.6 Å². The van der Waals surface area contributed by atoms with Crippen LogP contribution in [0.3, 0.4) is 0 Å². The largest absolute Gasteiger partial charge is 0.508 e. The Kier molecular flexibility index (Phi) is 9.84. The summed E-state index contributed by atoms with van der Waals surface area (Å²) < 4.78 is 0. The van der Waals surface area contributed by atoms with Crippen molar-refractivity contribution in [2.45, 2.75) is 39.5 Å². The van der Waals surface area contributed by atoms with E-state index < -0.39 is 5.92 Å². The summed E-state index contributed by atoms with van der Waals surface area (Å²) in [7, 11) is 0. The molecule has 232 valence electrons. The number of unbranched alkanes of at least 4 members (excludes halogenated alkanes) is 1. The molecule has 0 saturated heterocycles. The van der Waals surface area contributed by atoms with Crippen molar-refractivity contribution in [1.29, 1.82) is 0 Å². The first kappa shape index (κ1) is 30.9. The number of phenols is 2. The summed E-state index contributed by atoms with van der Waals surface area (Å²) in [6.07, 6.45) is 4.79. The van der Waals surface area contributed by atoms with Crippen LogP contribution >= 0.6 is 0 Å². The first-order valence-corrected chi connectivity index (χ1v) is 14.6. The summed E-state index contributed by atoms with van der Waals surface area (Å²) in [6.45, 7) is 7.29. The number of nitrogens with zero attached hydrogens (tertiary/aromatic N) is 11. The molecule has 0 radical (unpaired) electrons. The highest BCUT2D eigenvalue weighted by molar-refractivity contribution is 5.82. The molecule has 5 aromatic rings. The van der Waals surface area contributed by atoms with E-state index in [1.54, 1.807) is 50.5 Å². The Bertz CT molecular complexity index is 1700. The molecule has 0 unspecified atom stereocenters. The van der Waals surface area contributed by atoms with Gasteiger partial charge < -0.3 is 20.2 Å². The van der Waals surface area contributed by atoms with Gasteiger partial charge in [-0.25, -0.2) is 0 Å². The predicted octanol–water partition coefficient (Wildman–Crippen LogP) is 3.23.